The molecule has 0 spiro atoms. The number of amides is 1. The van der Waals surface area contributed by atoms with Gasteiger partial charge in [-0.1, -0.05) is 15.9 Å². The summed E-state index contributed by atoms with van der Waals surface area (Å²) in [6.07, 6.45) is 1.79. The first kappa shape index (κ1) is 19.0. The number of carbonyl (C=O) groups is 1. The summed E-state index contributed by atoms with van der Waals surface area (Å²) in [4.78, 5) is 26.9. The minimum atomic E-state index is -0.557. The van der Waals surface area contributed by atoms with Crippen molar-refractivity contribution in [2.75, 3.05) is 20.1 Å². The third kappa shape index (κ3) is 3.50. The molecule has 0 atom stereocenters. The summed E-state index contributed by atoms with van der Waals surface area (Å²) >= 11 is 3.42. The van der Waals surface area contributed by atoms with Gasteiger partial charge in [-0.2, -0.15) is 0 Å². The van der Waals surface area contributed by atoms with Gasteiger partial charge < -0.3 is 14.6 Å². The van der Waals surface area contributed by atoms with E-state index < -0.39 is 5.63 Å². The molecule has 1 aliphatic rings. The van der Waals surface area contributed by atoms with Crippen molar-refractivity contribution >= 4 is 45.2 Å². The Morgan fingerprint density at radius 1 is 1.33 bits per heavy atom. The van der Waals surface area contributed by atoms with Gasteiger partial charge in [0.2, 0.25) is 0 Å². The van der Waals surface area contributed by atoms with E-state index >= 15 is 0 Å². The molecule has 7 heteroatoms. The number of carbonyl (C=O) groups excluding carboxylic acids is 1. The predicted octanol–water partition coefficient (Wildman–Crippen LogP) is 3.11. The molecule has 1 amide bonds. The van der Waals surface area contributed by atoms with Gasteiger partial charge in [0.25, 0.3) is 5.91 Å². The molecule has 130 valence electrons. The smallest absolute Gasteiger partial charge is 0.349 e. The zero-order valence-electron chi connectivity index (χ0n) is 13.6. The molecule has 2 aromatic rings. The van der Waals surface area contributed by atoms with Crippen LogP contribution in [0, 0.1) is 6.92 Å². The number of hydrogen-bond acceptors (Lipinski definition) is 4. The summed E-state index contributed by atoms with van der Waals surface area (Å²) in [6, 6.07) is 5.86. The third-order valence-corrected chi connectivity index (χ3v) is 5.02. The number of aryl methyl sites for hydroxylation is 1. The Hall–Kier alpha value is -1.37. The molecular formula is C17H20BrClN2O3. The van der Waals surface area contributed by atoms with Crippen LogP contribution in [0.4, 0.5) is 0 Å². The molecule has 2 heterocycles. The molecular weight excluding hydrogens is 396 g/mol. The van der Waals surface area contributed by atoms with E-state index in [-0.39, 0.29) is 23.9 Å². The van der Waals surface area contributed by atoms with Gasteiger partial charge in [-0.15, -0.1) is 12.4 Å². The third-order valence-electron chi connectivity index (χ3n) is 4.53. The molecule has 1 N–H and O–H groups in total. The maximum atomic E-state index is 12.8. The van der Waals surface area contributed by atoms with Crippen molar-refractivity contribution in [2.24, 2.45) is 0 Å². The Labute approximate surface area is 154 Å². The summed E-state index contributed by atoms with van der Waals surface area (Å²) < 4.78 is 6.23. The molecule has 0 aliphatic carbocycles. The van der Waals surface area contributed by atoms with Crippen molar-refractivity contribution in [3.63, 3.8) is 0 Å². The van der Waals surface area contributed by atoms with Crippen molar-refractivity contribution in [1.29, 1.82) is 0 Å². The van der Waals surface area contributed by atoms with Gasteiger partial charge in [-0.25, -0.2) is 4.79 Å². The van der Waals surface area contributed by atoms with E-state index in [4.69, 9.17) is 4.42 Å². The van der Waals surface area contributed by atoms with Crippen LogP contribution in [-0.4, -0.2) is 37.0 Å². The highest BCUT2D eigenvalue weighted by Crippen LogP contribution is 2.24. The summed E-state index contributed by atoms with van der Waals surface area (Å²) in [7, 11) is 1.93. The van der Waals surface area contributed by atoms with E-state index in [1.165, 1.54) is 0 Å². The van der Waals surface area contributed by atoms with Crippen molar-refractivity contribution in [1.82, 2.24) is 10.2 Å². The molecule has 0 bridgehead atoms. The predicted molar refractivity (Wildman–Crippen MR) is 100 cm³/mol. The fraction of sp³-hybridized carbons (Fsp3) is 0.412. The van der Waals surface area contributed by atoms with Gasteiger partial charge >= 0.3 is 5.63 Å². The Morgan fingerprint density at radius 2 is 2.00 bits per heavy atom. The molecule has 0 unspecified atom stereocenters. The first-order valence-electron chi connectivity index (χ1n) is 7.70. The molecule has 1 aromatic carbocycles. The second-order valence-corrected chi connectivity index (χ2v) is 6.80. The van der Waals surface area contributed by atoms with Gasteiger partial charge in [0.1, 0.15) is 11.1 Å². The maximum Gasteiger partial charge on any atom is 0.349 e. The highest BCUT2D eigenvalue weighted by atomic mass is 79.9. The van der Waals surface area contributed by atoms with Crippen LogP contribution in [0.3, 0.4) is 0 Å². The topological polar surface area (TPSA) is 62.6 Å². The Kier molecular flexibility index (Phi) is 6.06. The largest absolute Gasteiger partial charge is 0.422 e. The first-order valence-corrected chi connectivity index (χ1v) is 8.50. The van der Waals surface area contributed by atoms with Crippen LogP contribution < -0.4 is 10.9 Å². The number of benzene rings is 1. The molecule has 1 fully saturated rings. The maximum absolute atomic E-state index is 12.8. The van der Waals surface area contributed by atoms with E-state index in [1.807, 2.05) is 19.2 Å². The monoisotopic (exact) mass is 414 g/mol. The number of likely N-dealkylation sites (tertiary alicyclic amines) is 1. The molecule has 5 nitrogen and oxygen atoms in total. The fourth-order valence-corrected chi connectivity index (χ4v) is 3.46. The first-order chi connectivity index (χ1) is 11.0. The standard InChI is InChI=1S/C17H19BrN2O3.ClH/c1-10-13-9-11(18)3-4-14(13)23-17(22)15(10)16(21)20-7-5-12(19-2)6-8-20;/h3-4,9,12,19H,5-8H2,1-2H3;1H. The van der Waals surface area contributed by atoms with Gasteiger partial charge in [0.15, 0.2) is 0 Å². The lowest BCUT2D eigenvalue weighted by molar-refractivity contribution is 0.0702. The number of halogens is 2. The molecule has 3 rings (SSSR count). The number of fused-ring (bicyclic) bond motifs is 1. The molecule has 1 aliphatic heterocycles. The zero-order chi connectivity index (χ0) is 16.6. The summed E-state index contributed by atoms with van der Waals surface area (Å²) in [5.74, 6) is -0.229. The lowest BCUT2D eigenvalue weighted by Crippen LogP contribution is -2.45. The van der Waals surface area contributed by atoms with Crippen LogP contribution in [0.5, 0.6) is 0 Å². The van der Waals surface area contributed by atoms with Crippen molar-refractivity contribution < 1.29 is 9.21 Å². The second kappa shape index (κ2) is 7.68. The molecule has 0 saturated carbocycles. The van der Waals surface area contributed by atoms with E-state index in [0.29, 0.717) is 30.3 Å². The van der Waals surface area contributed by atoms with Crippen LogP contribution in [0.2, 0.25) is 0 Å². The van der Waals surface area contributed by atoms with Crippen molar-refractivity contribution in [2.45, 2.75) is 25.8 Å². The molecule has 1 saturated heterocycles. The van der Waals surface area contributed by atoms with Crippen LogP contribution in [0.1, 0.15) is 28.8 Å². The van der Waals surface area contributed by atoms with Crippen LogP contribution in [0.25, 0.3) is 11.0 Å². The molecule has 1 aromatic heterocycles. The van der Waals surface area contributed by atoms with Crippen LogP contribution in [0.15, 0.2) is 31.9 Å². The summed E-state index contributed by atoms with van der Waals surface area (Å²) in [5.41, 5.74) is 0.774. The van der Waals surface area contributed by atoms with Crippen LogP contribution >= 0.6 is 28.3 Å². The van der Waals surface area contributed by atoms with E-state index in [1.54, 1.807) is 17.9 Å². The lowest BCUT2D eigenvalue weighted by Gasteiger charge is -2.31. The Balaban J connectivity index is 0.00000208. The second-order valence-electron chi connectivity index (χ2n) is 5.89. The number of rotatable bonds is 2. The van der Waals surface area contributed by atoms with Gasteiger partial charge in [0, 0.05) is 29.0 Å². The number of hydrogen-bond donors (Lipinski definition) is 1. The highest BCUT2D eigenvalue weighted by molar-refractivity contribution is 9.10. The number of nitrogens with one attached hydrogen (secondary N) is 1. The highest BCUT2D eigenvalue weighted by Gasteiger charge is 2.27. The fourth-order valence-electron chi connectivity index (χ4n) is 3.10. The minimum absolute atomic E-state index is 0. The normalized spacial score (nSPS) is 15.4. The lowest BCUT2D eigenvalue weighted by atomic mass is 10.0. The quantitative estimate of drug-likeness (QED) is 0.766. The average Bonchev–Trinajstić information content (AvgIpc) is 2.55. The number of piperidine rings is 1. The van der Waals surface area contributed by atoms with Crippen molar-refractivity contribution in [3.05, 3.63) is 44.2 Å². The Bertz CT molecular complexity index is 813. The molecule has 24 heavy (non-hydrogen) atoms. The SMILES string of the molecule is CNC1CCN(C(=O)c2c(C)c3cc(Br)ccc3oc2=O)CC1.Cl. The van der Waals surface area contributed by atoms with Gasteiger partial charge in [-0.05, 0) is 50.6 Å². The van der Waals surface area contributed by atoms with Gasteiger partial charge in [-0.3, -0.25) is 4.79 Å². The van der Waals surface area contributed by atoms with Crippen LogP contribution in [-0.2, 0) is 0 Å². The molecule has 0 radical (unpaired) electrons. The zero-order valence-corrected chi connectivity index (χ0v) is 16.0. The minimum Gasteiger partial charge on any atom is -0.422 e. The van der Waals surface area contributed by atoms with Crippen molar-refractivity contribution in [3.8, 4) is 0 Å². The Morgan fingerprint density at radius 3 is 2.62 bits per heavy atom. The summed E-state index contributed by atoms with van der Waals surface area (Å²) in [6.45, 7) is 3.11. The average molecular weight is 416 g/mol. The van der Waals surface area contributed by atoms with E-state index in [0.717, 1.165) is 22.7 Å². The van der Waals surface area contributed by atoms with E-state index in [2.05, 4.69) is 21.2 Å². The van der Waals surface area contributed by atoms with Gasteiger partial charge in [0.05, 0.1) is 0 Å². The van der Waals surface area contributed by atoms with E-state index in [9.17, 15) is 9.59 Å². The number of nitrogens with zero attached hydrogens (tertiary/aromatic N) is 1. The summed E-state index contributed by atoms with van der Waals surface area (Å²) in [5, 5.41) is 4.02.